The molecule has 168 valence electrons. The number of anilines is 2. The molecule has 1 fully saturated rings. The minimum atomic E-state index is -1.21. The summed E-state index contributed by atoms with van der Waals surface area (Å²) in [5, 5.41) is 11.9. The number of benzene rings is 1. The first-order valence-electron chi connectivity index (χ1n) is 10.4. The Hall–Kier alpha value is -3.63. The van der Waals surface area contributed by atoms with Crippen LogP contribution in [0.25, 0.3) is 0 Å². The molecule has 0 atom stereocenters. The van der Waals surface area contributed by atoms with E-state index in [0.29, 0.717) is 49.7 Å². The summed E-state index contributed by atoms with van der Waals surface area (Å²) in [4.78, 5) is 44.9. The van der Waals surface area contributed by atoms with Crippen molar-refractivity contribution in [3.63, 3.8) is 0 Å². The molecule has 3 aliphatic heterocycles. The highest BCUT2D eigenvalue weighted by Crippen LogP contribution is 2.46. The summed E-state index contributed by atoms with van der Waals surface area (Å²) in [6, 6.07) is 2.39. The molecular formula is C21H21FN4O6. The fourth-order valence-electron chi connectivity index (χ4n) is 4.64. The maximum Gasteiger partial charge on any atom is 0.341 e. The number of carbonyl (C=O) groups excluding carboxylic acids is 1. The number of esters is 1. The molecule has 1 aromatic carbocycles. The molecule has 0 saturated carbocycles. The number of hydrogen-bond acceptors (Lipinski definition) is 8. The minimum Gasteiger partial charge on any atom is -0.482 e. The van der Waals surface area contributed by atoms with Crippen LogP contribution in [0.15, 0.2) is 16.9 Å². The van der Waals surface area contributed by atoms with Crippen LogP contribution in [0.4, 0.5) is 16.2 Å². The number of halogens is 1. The van der Waals surface area contributed by atoms with E-state index in [1.165, 1.54) is 6.07 Å². The molecule has 5 rings (SSSR count). The largest absolute Gasteiger partial charge is 0.482 e. The number of nitrogens with zero attached hydrogens (tertiary/aromatic N) is 2. The topological polar surface area (TPSA) is 134 Å². The Morgan fingerprint density at radius 3 is 2.84 bits per heavy atom. The molecule has 0 radical (unpaired) electrons. The number of aromatic nitrogens is 2. The zero-order valence-electron chi connectivity index (χ0n) is 17.1. The highest BCUT2D eigenvalue weighted by atomic mass is 19.1. The van der Waals surface area contributed by atoms with Crippen LogP contribution >= 0.6 is 0 Å². The van der Waals surface area contributed by atoms with Gasteiger partial charge in [0.15, 0.2) is 6.61 Å². The second kappa shape index (κ2) is 7.50. The lowest BCUT2D eigenvalue weighted by Crippen LogP contribution is -2.44. The molecule has 0 unspecified atom stereocenters. The first-order valence-corrected chi connectivity index (χ1v) is 10.4. The number of piperidine rings is 1. The number of aliphatic carboxylic acids is 1. The first kappa shape index (κ1) is 20.3. The van der Waals surface area contributed by atoms with E-state index >= 15 is 0 Å². The number of carbonyl (C=O) groups is 2. The van der Waals surface area contributed by atoms with Gasteiger partial charge in [-0.1, -0.05) is 0 Å². The van der Waals surface area contributed by atoms with Gasteiger partial charge in [-0.15, -0.1) is 0 Å². The molecular weight excluding hydrogens is 423 g/mol. The van der Waals surface area contributed by atoms with Crippen molar-refractivity contribution >= 4 is 23.7 Å². The molecule has 1 spiro atoms. The third-order valence-corrected chi connectivity index (χ3v) is 6.16. The maximum absolute atomic E-state index is 15.0. The second-order valence-corrected chi connectivity index (χ2v) is 8.13. The first-order chi connectivity index (χ1) is 15.4. The molecule has 10 nitrogen and oxygen atoms in total. The van der Waals surface area contributed by atoms with Crippen molar-refractivity contribution in [2.75, 3.05) is 36.5 Å². The zero-order valence-corrected chi connectivity index (χ0v) is 17.1. The summed E-state index contributed by atoms with van der Waals surface area (Å²) >= 11 is 0. The molecule has 0 amide bonds. The standard InChI is InChI=1S/C21H21FN4O6/c22-14-9-11(31-10-15(27)28)8-13-16(14)21(32-19(13)30)3-6-26(7-4-21)20-24-17-12(18(29)25-20)2-1-5-23-17/h8-9H,1-7,10H2,(H,27,28)(H2,23,24,25,29). The molecule has 1 saturated heterocycles. The predicted octanol–water partition coefficient (Wildman–Crippen LogP) is 1.40. The van der Waals surface area contributed by atoms with Crippen LogP contribution < -0.4 is 20.5 Å². The smallest absolute Gasteiger partial charge is 0.341 e. The van der Waals surface area contributed by atoms with Gasteiger partial charge < -0.3 is 24.8 Å². The van der Waals surface area contributed by atoms with E-state index in [1.807, 2.05) is 4.90 Å². The number of rotatable bonds is 4. The summed E-state index contributed by atoms with van der Waals surface area (Å²) in [5.41, 5.74) is -0.433. The Labute approximate surface area is 181 Å². The van der Waals surface area contributed by atoms with Gasteiger partial charge >= 0.3 is 11.9 Å². The van der Waals surface area contributed by atoms with Crippen molar-refractivity contribution in [2.24, 2.45) is 0 Å². The van der Waals surface area contributed by atoms with Crippen LogP contribution in [0.2, 0.25) is 0 Å². The summed E-state index contributed by atoms with van der Waals surface area (Å²) < 4.78 is 25.7. The Balaban J connectivity index is 1.39. The van der Waals surface area contributed by atoms with Gasteiger partial charge in [-0.2, -0.15) is 4.98 Å². The second-order valence-electron chi connectivity index (χ2n) is 8.13. The molecule has 3 N–H and O–H groups in total. The average Bonchev–Trinajstić information content (AvgIpc) is 3.04. The van der Waals surface area contributed by atoms with Crippen LogP contribution in [0.1, 0.15) is 40.7 Å². The lowest BCUT2D eigenvalue weighted by Gasteiger charge is -2.39. The van der Waals surface area contributed by atoms with E-state index in [4.69, 9.17) is 14.6 Å². The van der Waals surface area contributed by atoms with Gasteiger partial charge in [0.2, 0.25) is 5.95 Å². The number of H-pyrrole nitrogens is 1. The van der Waals surface area contributed by atoms with E-state index in [0.717, 1.165) is 19.0 Å². The van der Waals surface area contributed by atoms with E-state index in [1.54, 1.807) is 0 Å². The number of carboxylic acid groups (broad SMARTS) is 1. The highest BCUT2D eigenvalue weighted by molar-refractivity contribution is 5.95. The van der Waals surface area contributed by atoms with Crippen molar-refractivity contribution in [1.82, 2.24) is 9.97 Å². The molecule has 0 bridgehead atoms. The maximum atomic E-state index is 15.0. The Morgan fingerprint density at radius 2 is 2.09 bits per heavy atom. The predicted molar refractivity (Wildman–Crippen MR) is 110 cm³/mol. The lowest BCUT2D eigenvalue weighted by atomic mass is 9.83. The van der Waals surface area contributed by atoms with Gasteiger partial charge in [-0.25, -0.2) is 14.0 Å². The van der Waals surface area contributed by atoms with Gasteiger partial charge in [0.25, 0.3) is 5.56 Å². The highest BCUT2D eigenvalue weighted by Gasteiger charge is 2.50. The van der Waals surface area contributed by atoms with Gasteiger partial charge in [0, 0.05) is 44.1 Å². The molecule has 2 aromatic rings. The molecule has 0 aliphatic carbocycles. The number of carboxylic acids is 1. The summed E-state index contributed by atoms with van der Waals surface area (Å²) in [5.74, 6) is -1.57. The van der Waals surface area contributed by atoms with Crippen LogP contribution in [0.3, 0.4) is 0 Å². The number of aromatic amines is 1. The fraction of sp³-hybridized carbons (Fsp3) is 0.429. The number of nitrogens with one attached hydrogen (secondary N) is 2. The molecule has 32 heavy (non-hydrogen) atoms. The van der Waals surface area contributed by atoms with Crippen molar-refractivity contribution in [3.05, 3.63) is 45.0 Å². The molecule has 3 aliphatic rings. The van der Waals surface area contributed by atoms with Crippen LogP contribution in [-0.2, 0) is 21.6 Å². The molecule has 1 aromatic heterocycles. The third-order valence-electron chi connectivity index (χ3n) is 6.16. The van der Waals surface area contributed by atoms with Crippen molar-refractivity contribution < 1.29 is 28.6 Å². The average molecular weight is 444 g/mol. The summed E-state index contributed by atoms with van der Waals surface area (Å²) in [6.45, 7) is 0.903. The van der Waals surface area contributed by atoms with Gasteiger partial charge in [-0.05, 0) is 18.9 Å². The fourth-order valence-corrected chi connectivity index (χ4v) is 4.64. The molecule has 11 heteroatoms. The summed E-state index contributed by atoms with van der Waals surface area (Å²) in [7, 11) is 0. The SMILES string of the molecule is O=C(O)COc1cc(F)c2c(c1)C(=O)OC21CCN(c2nc3c(c(=O)[nH]2)CCCN3)CC1. The lowest BCUT2D eigenvalue weighted by molar-refractivity contribution is -0.139. The number of ether oxygens (including phenoxy) is 2. The van der Waals surface area contributed by atoms with E-state index in [2.05, 4.69) is 15.3 Å². The number of fused-ring (bicyclic) bond motifs is 3. The zero-order chi connectivity index (χ0) is 22.5. The molecule has 4 heterocycles. The van der Waals surface area contributed by atoms with Crippen LogP contribution in [-0.4, -0.2) is 53.3 Å². The Kier molecular flexibility index (Phi) is 4.75. The monoisotopic (exact) mass is 444 g/mol. The normalized spacial score (nSPS) is 18.5. The minimum absolute atomic E-state index is 0.0431. The Bertz CT molecular complexity index is 1170. The van der Waals surface area contributed by atoms with Crippen molar-refractivity contribution in [2.45, 2.75) is 31.3 Å². The van der Waals surface area contributed by atoms with Gasteiger partial charge in [-0.3, -0.25) is 9.78 Å². The summed E-state index contributed by atoms with van der Waals surface area (Å²) in [6.07, 6.45) is 2.18. The van der Waals surface area contributed by atoms with E-state index in [-0.39, 0.29) is 22.4 Å². The third kappa shape index (κ3) is 3.33. The van der Waals surface area contributed by atoms with Gasteiger partial charge in [0.05, 0.1) is 11.1 Å². The number of hydrogen-bond donors (Lipinski definition) is 3. The van der Waals surface area contributed by atoms with Crippen molar-refractivity contribution in [3.8, 4) is 5.75 Å². The van der Waals surface area contributed by atoms with Gasteiger partial charge in [0.1, 0.15) is 23.0 Å². The quantitative estimate of drug-likeness (QED) is 0.598. The Morgan fingerprint density at radius 1 is 1.31 bits per heavy atom. The van der Waals surface area contributed by atoms with Crippen LogP contribution in [0.5, 0.6) is 5.75 Å². The van der Waals surface area contributed by atoms with E-state index < -0.39 is 30.0 Å². The van der Waals surface area contributed by atoms with E-state index in [9.17, 15) is 18.8 Å². The van der Waals surface area contributed by atoms with Crippen molar-refractivity contribution in [1.29, 1.82) is 0 Å². The van der Waals surface area contributed by atoms with Crippen LogP contribution in [0, 0.1) is 5.82 Å².